The number of ether oxygens (including phenoxy) is 1. The Morgan fingerprint density at radius 3 is 2.65 bits per heavy atom. The van der Waals surface area contributed by atoms with Crippen molar-refractivity contribution in [2.75, 3.05) is 0 Å². The maximum atomic E-state index is 11.7. The number of hydrogen-bond acceptors (Lipinski definition) is 3. The summed E-state index contributed by atoms with van der Waals surface area (Å²) in [6, 6.07) is 1.96. The lowest BCUT2D eigenvalue weighted by molar-refractivity contribution is 0.190. The number of aryl methyl sites for hydroxylation is 1. The van der Waals surface area contributed by atoms with Crippen molar-refractivity contribution < 1.29 is 9.53 Å². The molecule has 1 aliphatic carbocycles. The van der Waals surface area contributed by atoms with Gasteiger partial charge in [-0.05, 0) is 52.5 Å². The Morgan fingerprint density at radius 1 is 1.47 bits per heavy atom. The van der Waals surface area contributed by atoms with Gasteiger partial charge in [-0.3, -0.25) is 0 Å². The Labute approximate surface area is 106 Å². The minimum absolute atomic E-state index is 0.262. The van der Waals surface area contributed by atoms with E-state index in [2.05, 4.69) is 5.32 Å². The molecule has 94 valence electrons. The monoisotopic (exact) mass is 253 g/mol. The van der Waals surface area contributed by atoms with Crippen molar-refractivity contribution >= 4 is 17.4 Å². The van der Waals surface area contributed by atoms with E-state index in [4.69, 9.17) is 4.74 Å². The summed E-state index contributed by atoms with van der Waals surface area (Å²) in [6.45, 7) is 7.86. The maximum absolute atomic E-state index is 11.7. The van der Waals surface area contributed by atoms with Crippen molar-refractivity contribution in [1.29, 1.82) is 0 Å². The van der Waals surface area contributed by atoms with Crippen LogP contribution in [0.1, 0.15) is 49.3 Å². The number of amides is 1. The maximum Gasteiger partial charge on any atom is 0.413 e. The van der Waals surface area contributed by atoms with Gasteiger partial charge in [0, 0.05) is 10.4 Å². The molecule has 1 aliphatic rings. The van der Waals surface area contributed by atoms with Gasteiger partial charge >= 0.3 is 6.09 Å². The lowest BCUT2D eigenvalue weighted by Crippen LogP contribution is -2.42. The fraction of sp³-hybridized carbons (Fsp3) is 0.615. The van der Waals surface area contributed by atoms with Crippen LogP contribution in [0.15, 0.2) is 6.07 Å². The quantitative estimate of drug-likeness (QED) is 0.870. The molecule has 0 radical (unpaired) electrons. The zero-order valence-electron chi connectivity index (χ0n) is 10.8. The van der Waals surface area contributed by atoms with E-state index in [1.807, 2.05) is 33.8 Å². The first-order valence-electron chi connectivity index (χ1n) is 5.95. The summed E-state index contributed by atoms with van der Waals surface area (Å²) < 4.78 is 5.40. The van der Waals surface area contributed by atoms with Crippen LogP contribution in [0.5, 0.6) is 5.75 Å². The Kier molecular flexibility index (Phi) is 3.17. The van der Waals surface area contributed by atoms with Gasteiger partial charge in [-0.2, -0.15) is 0 Å². The first-order valence-corrected chi connectivity index (χ1v) is 6.77. The SMILES string of the molecule is Cc1cc(OC(=O)NC(C)(C)C)c(C2CC2)s1. The predicted octanol–water partition coefficient (Wildman–Crippen LogP) is 3.82. The van der Waals surface area contributed by atoms with Gasteiger partial charge < -0.3 is 10.1 Å². The molecule has 0 unspecified atom stereocenters. The summed E-state index contributed by atoms with van der Waals surface area (Å²) in [5.41, 5.74) is -0.262. The largest absolute Gasteiger partial charge is 0.413 e. The first kappa shape index (κ1) is 12.4. The van der Waals surface area contributed by atoms with Crippen LogP contribution in [0.25, 0.3) is 0 Å². The molecule has 0 spiro atoms. The molecule has 1 amide bonds. The molecule has 1 saturated carbocycles. The number of carbonyl (C=O) groups is 1. The fourth-order valence-corrected chi connectivity index (χ4v) is 2.77. The van der Waals surface area contributed by atoms with Crippen molar-refractivity contribution in [2.24, 2.45) is 0 Å². The third-order valence-corrected chi connectivity index (χ3v) is 3.67. The highest BCUT2D eigenvalue weighted by Gasteiger charge is 2.30. The van der Waals surface area contributed by atoms with E-state index in [1.54, 1.807) is 11.3 Å². The summed E-state index contributed by atoms with van der Waals surface area (Å²) in [7, 11) is 0. The van der Waals surface area contributed by atoms with Crippen molar-refractivity contribution in [3.05, 3.63) is 15.8 Å². The normalized spacial score (nSPS) is 15.8. The molecule has 3 nitrogen and oxygen atoms in total. The van der Waals surface area contributed by atoms with Crippen LogP contribution in [-0.2, 0) is 0 Å². The second-order valence-electron chi connectivity index (χ2n) is 5.62. The van der Waals surface area contributed by atoms with E-state index in [9.17, 15) is 4.79 Å². The molecule has 0 aliphatic heterocycles. The van der Waals surface area contributed by atoms with Gasteiger partial charge in [0.15, 0.2) is 0 Å². The highest BCUT2D eigenvalue weighted by atomic mass is 32.1. The molecule has 0 bridgehead atoms. The summed E-state index contributed by atoms with van der Waals surface area (Å²) in [5, 5.41) is 2.81. The molecule has 1 N–H and O–H groups in total. The minimum Gasteiger partial charge on any atom is -0.409 e. The third kappa shape index (κ3) is 3.46. The lowest BCUT2D eigenvalue weighted by atomic mass is 10.1. The molecule has 1 fully saturated rings. The predicted molar refractivity (Wildman–Crippen MR) is 69.9 cm³/mol. The van der Waals surface area contributed by atoms with E-state index in [0.717, 1.165) is 5.75 Å². The van der Waals surface area contributed by atoms with Crippen molar-refractivity contribution in [2.45, 2.75) is 52.0 Å². The average molecular weight is 253 g/mol. The topological polar surface area (TPSA) is 38.3 Å². The Balaban J connectivity index is 2.05. The second kappa shape index (κ2) is 4.33. The van der Waals surface area contributed by atoms with Gasteiger partial charge in [0.25, 0.3) is 0 Å². The van der Waals surface area contributed by atoms with Crippen molar-refractivity contribution in [1.82, 2.24) is 5.32 Å². The van der Waals surface area contributed by atoms with Crippen LogP contribution >= 0.6 is 11.3 Å². The van der Waals surface area contributed by atoms with Gasteiger partial charge in [-0.15, -0.1) is 11.3 Å². The molecule has 2 rings (SSSR count). The van der Waals surface area contributed by atoms with Crippen LogP contribution in [0, 0.1) is 6.92 Å². The third-order valence-electron chi connectivity index (χ3n) is 2.48. The van der Waals surface area contributed by atoms with Gasteiger partial charge in [-0.1, -0.05) is 0 Å². The van der Waals surface area contributed by atoms with E-state index >= 15 is 0 Å². The molecule has 0 saturated heterocycles. The minimum atomic E-state index is -0.364. The number of carbonyl (C=O) groups excluding carboxylic acids is 1. The van der Waals surface area contributed by atoms with Crippen molar-refractivity contribution in [3.8, 4) is 5.75 Å². The van der Waals surface area contributed by atoms with Crippen LogP contribution in [0.4, 0.5) is 4.79 Å². The van der Waals surface area contributed by atoms with E-state index in [-0.39, 0.29) is 11.6 Å². The highest BCUT2D eigenvalue weighted by molar-refractivity contribution is 7.12. The molecule has 17 heavy (non-hydrogen) atoms. The summed E-state index contributed by atoms with van der Waals surface area (Å²) >= 11 is 1.74. The van der Waals surface area contributed by atoms with Crippen LogP contribution in [0.3, 0.4) is 0 Å². The van der Waals surface area contributed by atoms with Crippen molar-refractivity contribution in [3.63, 3.8) is 0 Å². The van der Waals surface area contributed by atoms with E-state index in [1.165, 1.54) is 22.6 Å². The smallest absolute Gasteiger partial charge is 0.409 e. The number of nitrogens with one attached hydrogen (secondary N) is 1. The van der Waals surface area contributed by atoms with Crippen LogP contribution in [-0.4, -0.2) is 11.6 Å². The van der Waals surface area contributed by atoms with E-state index < -0.39 is 0 Å². The Morgan fingerprint density at radius 2 is 2.12 bits per heavy atom. The van der Waals surface area contributed by atoms with Gasteiger partial charge in [0.2, 0.25) is 0 Å². The number of hydrogen-bond donors (Lipinski definition) is 1. The average Bonchev–Trinajstić information content (AvgIpc) is 2.89. The first-order chi connectivity index (χ1) is 7.85. The Hall–Kier alpha value is -1.03. The molecule has 1 aromatic heterocycles. The van der Waals surface area contributed by atoms with Gasteiger partial charge in [-0.25, -0.2) is 4.79 Å². The van der Waals surface area contributed by atoms with Crippen LogP contribution in [0.2, 0.25) is 0 Å². The summed E-state index contributed by atoms with van der Waals surface area (Å²) in [6.07, 6.45) is 2.08. The molecule has 1 aromatic rings. The number of thiophene rings is 1. The molecular weight excluding hydrogens is 234 g/mol. The van der Waals surface area contributed by atoms with Gasteiger partial charge in [0.05, 0.1) is 4.88 Å². The summed E-state index contributed by atoms with van der Waals surface area (Å²) in [4.78, 5) is 14.1. The molecule has 4 heteroatoms. The zero-order chi connectivity index (χ0) is 12.6. The standard InChI is InChI=1S/C13H19NO2S/c1-8-7-10(11(17-8)9-5-6-9)16-12(15)14-13(2,3)4/h7,9H,5-6H2,1-4H3,(H,14,15). The Bertz CT molecular complexity index is 427. The van der Waals surface area contributed by atoms with Gasteiger partial charge in [0.1, 0.15) is 5.75 Å². The number of rotatable bonds is 2. The van der Waals surface area contributed by atoms with E-state index in [0.29, 0.717) is 5.92 Å². The molecule has 0 aromatic carbocycles. The molecule has 0 atom stereocenters. The fourth-order valence-electron chi connectivity index (χ4n) is 1.65. The molecular formula is C13H19NO2S. The second-order valence-corrected chi connectivity index (χ2v) is 6.91. The summed E-state index contributed by atoms with van der Waals surface area (Å²) in [5.74, 6) is 1.36. The molecule has 1 heterocycles. The highest BCUT2D eigenvalue weighted by Crippen LogP contribution is 2.48. The zero-order valence-corrected chi connectivity index (χ0v) is 11.6. The lowest BCUT2D eigenvalue weighted by Gasteiger charge is -2.19. The van der Waals surface area contributed by atoms with Crippen LogP contribution < -0.4 is 10.1 Å².